The summed E-state index contributed by atoms with van der Waals surface area (Å²) in [7, 11) is 1.56. The van der Waals surface area contributed by atoms with E-state index in [1.807, 2.05) is 12.1 Å². The zero-order chi connectivity index (χ0) is 14.8. The first-order valence-electron chi connectivity index (χ1n) is 6.95. The highest BCUT2D eigenvalue weighted by atomic mass is 16.5. The molecule has 1 atom stereocenters. The van der Waals surface area contributed by atoms with E-state index in [0.717, 1.165) is 12.8 Å². The predicted octanol–water partition coefficient (Wildman–Crippen LogP) is 2.36. The molecule has 1 aliphatic heterocycles. The van der Waals surface area contributed by atoms with Crippen molar-refractivity contribution in [1.29, 1.82) is 0 Å². The number of ether oxygens (including phenoxy) is 1. The van der Waals surface area contributed by atoms with Gasteiger partial charge in [0.1, 0.15) is 11.8 Å². The van der Waals surface area contributed by atoms with E-state index >= 15 is 0 Å². The molecule has 6 nitrogen and oxygen atoms in total. The molecule has 0 spiro atoms. The Morgan fingerprint density at radius 2 is 2.24 bits per heavy atom. The molecule has 1 aromatic carbocycles. The summed E-state index contributed by atoms with van der Waals surface area (Å²) in [5, 5.41) is 3.81. The highest BCUT2D eigenvalue weighted by Crippen LogP contribution is 2.33. The van der Waals surface area contributed by atoms with Crippen LogP contribution >= 0.6 is 0 Å². The number of amides is 1. The van der Waals surface area contributed by atoms with Gasteiger partial charge < -0.3 is 14.2 Å². The van der Waals surface area contributed by atoms with Gasteiger partial charge in [0.2, 0.25) is 5.89 Å². The molecular weight excluding hydrogens is 270 g/mol. The van der Waals surface area contributed by atoms with Crippen LogP contribution in [0.15, 0.2) is 28.8 Å². The van der Waals surface area contributed by atoms with Crippen LogP contribution in [0.4, 0.5) is 0 Å². The van der Waals surface area contributed by atoms with Crippen LogP contribution < -0.4 is 4.74 Å². The second-order valence-electron chi connectivity index (χ2n) is 5.04. The number of methoxy groups -OCH3 is 1. The maximum absolute atomic E-state index is 12.8. The van der Waals surface area contributed by atoms with Gasteiger partial charge in [0.15, 0.2) is 5.82 Å². The third-order valence-corrected chi connectivity index (χ3v) is 3.68. The first-order chi connectivity index (χ1) is 10.2. The number of para-hydroxylation sites is 1. The highest BCUT2D eigenvalue weighted by Gasteiger charge is 2.35. The van der Waals surface area contributed by atoms with E-state index in [0.29, 0.717) is 29.6 Å². The summed E-state index contributed by atoms with van der Waals surface area (Å²) in [5.41, 5.74) is 0.558. The molecule has 21 heavy (non-hydrogen) atoms. The van der Waals surface area contributed by atoms with Crippen molar-refractivity contribution in [3.8, 4) is 5.75 Å². The molecule has 0 bridgehead atoms. The fraction of sp³-hybridized carbons (Fsp3) is 0.400. The van der Waals surface area contributed by atoms with Crippen LogP contribution in [0.25, 0.3) is 0 Å². The van der Waals surface area contributed by atoms with Crippen molar-refractivity contribution in [3.63, 3.8) is 0 Å². The highest BCUT2D eigenvalue weighted by molar-refractivity contribution is 5.97. The van der Waals surface area contributed by atoms with E-state index in [2.05, 4.69) is 10.1 Å². The normalized spacial score (nSPS) is 18.0. The number of aromatic nitrogens is 2. The standard InChI is InChI=1S/C15H17N3O3/c1-10-16-14(21-17-10)12-7-5-9-18(12)15(19)11-6-3-4-8-13(11)20-2/h3-4,6,8,12H,5,7,9H2,1-2H3. The predicted molar refractivity (Wildman–Crippen MR) is 75.0 cm³/mol. The molecule has 2 aromatic rings. The number of carbonyl (C=O) groups is 1. The largest absolute Gasteiger partial charge is 0.496 e. The van der Waals surface area contributed by atoms with Crippen LogP contribution in [0.5, 0.6) is 5.75 Å². The molecule has 0 radical (unpaired) electrons. The number of benzene rings is 1. The van der Waals surface area contributed by atoms with Gasteiger partial charge >= 0.3 is 0 Å². The second-order valence-corrected chi connectivity index (χ2v) is 5.04. The van der Waals surface area contributed by atoms with Crippen LogP contribution in [-0.4, -0.2) is 34.6 Å². The smallest absolute Gasteiger partial charge is 0.258 e. The van der Waals surface area contributed by atoms with Gasteiger partial charge in [-0.2, -0.15) is 4.98 Å². The van der Waals surface area contributed by atoms with E-state index in [9.17, 15) is 4.79 Å². The van der Waals surface area contributed by atoms with Gasteiger partial charge in [0, 0.05) is 6.54 Å². The Hall–Kier alpha value is -2.37. The zero-order valence-corrected chi connectivity index (χ0v) is 12.1. The second kappa shape index (κ2) is 5.55. The van der Waals surface area contributed by atoms with E-state index in [4.69, 9.17) is 9.26 Å². The molecule has 2 heterocycles. The van der Waals surface area contributed by atoms with Crippen LogP contribution in [0.2, 0.25) is 0 Å². The van der Waals surface area contributed by atoms with Crippen molar-refractivity contribution in [1.82, 2.24) is 15.0 Å². The summed E-state index contributed by atoms with van der Waals surface area (Å²) in [5.74, 6) is 1.61. The minimum absolute atomic E-state index is 0.0641. The minimum Gasteiger partial charge on any atom is -0.496 e. The lowest BCUT2D eigenvalue weighted by molar-refractivity contribution is 0.0706. The fourth-order valence-corrected chi connectivity index (χ4v) is 2.69. The molecule has 6 heteroatoms. The summed E-state index contributed by atoms with van der Waals surface area (Å²) in [6.07, 6.45) is 1.76. The van der Waals surface area contributed by atoms with Gasteiger partial charge in [-0.25, -0.2) is 0 Å². The Balaban J connectivity index is 1.89. The molecular formula is C15H17N3O3. The summed E-state index contributed by atoms with van der Waals surface area (Å²) in [6.45, 7) is 2.46. The van der Waals surface area contributed by atoms with Crippen molar-refractivity contribution < 1.29 is 14.1 Å². The van der Waals surface area contributed by atoms with Crippen molar-refractivity contribution in [3.05, 3.63) is 41.5 Å². The van der Waals surface area contributed by atoms with E-state index in [1.165, 1.54) is 0 Å². The molecule has 0 aliphatic carbocycles. The molecule has 1 aliphatic rings. The SMILES string of the molecule is COc1ccccc1C(=O)N1CCCC1c1nc(C)no1. The number of aryl methyl sites for hydroxylation is 1. The first kappa shape index (κ1) is 13.6. The lowest BCUT2D eigenvalue weighted by atomic mass is 10.1. The number of carbonyl (C=O) groups excluding carboxylic acids is 1. The van der Waals surface area contributed by atoms with Crippen molar-refractivity contribution in [2.75, 3.05) is 13.7 Å². The molecule has 1 amide bonds. The maximum atomic E-state index is 12.8. The molecule has 1 fully saturated rings. The van der Waals surface area contributed by atoms with Crippen LogP contribution in [0.3, 0.4) is 0 Å². The quantitative estimate of drug-likeness (QED) is 0.866. The Kier molecular flexibility index (Phi) is 3.60. The van der Waals surface area contributed by atoms with Crippen molar-refractivity contribution in [2.24, 2.45) is 0 Å². The summed E-state index contributed by atoms with van der Waals surface area (Å²) < 4.78 is 10.5. The first-order valence-corrected chi connectivity index (χ1v) is 6.95. The van der Waals surface area contributed by atoms with Crippen LogP contribution in [0, 0.1) is 6.92 Å². The minimum atomic E-state index is -0.149. The average molecular weight is 287 g/mol. The zero-order valence-electron chi connectivity index (χ0n) is 12.1. The number of likely N-dealkylation sites (tertiary alicyclic amines) is 1. The average Bonchev–Trinajstić information content (AvgIpc) is 3.14. The number of nitrogens with zero attached hydrogens (tertiary/aromatic N) is 3. The fourth-order valence-electron chi connectivity index (χ4n) is 2.69. The van der Waals surface area contributed by atoms with Crippen molar-refractivity contribution in [2.45, 2.75) is 25.8 Å². The summed E-state index contributed by atoms with van der Waals surface area (Å²) >= 11 is 0. The lowest BCUT2D eigenvalue weighted by Crippen LogP contribution is -2.31. The molecule has 1 saturated heterocycles. The van der Waals surface area contributed by atoms with Crippen LogP contribution in [-0.2, 0) is 0 Å². The number of hydrogen-bond donors (Lipinski definition) is 0. The monoisotopic (exact) mass is 287 g/mol. The number of hydrogen-bond acceptors (Lipinski definition) is 5. The topological polar surface area (TPSA) is 68.5 Å². The Bertz CT molecular complexity index is 653. The van der Waals surface area contributed by atoms with Crippen LogP contribution in [0.1, 0.15) is 41.0 Å². The Morgan fingerprint density at radius 3 is 2.95 bits per heavy atom. The molecule has 110 valence electrons. The van der Waals surface area contributed by atoms with E-state index in [1.54, 1.807) is 31.1 Å². The van der Waals surface area contributed by atoms with Gasteiger partial charge in [-0.1, -0.05) is 17.3 Å². The molecule has 3 rings (SSSR count). The molecule has 0 saturated carbocycles. The van der Waals surface area contributed by atoms with Gasteiger partial charge in [-0.3, -0.25) is 4.79 Å². The Labute approximate surface area is 122 Å². The number of rotatable bonds is 3. The van der Waals surface area contributed by atoms with Gasteiger partial charge in [-0.15, -0.1) is 0 Å². The van der Waals surface area contributed by atoms with Crippen molar-refractivity contribution >= 4 is 5.91 Å². The van der Waals surface area contributed by atoms with Gasteiger partial charge in [0.05, 0.1) is 12.7 Å². The lowest BCUT2D eigenvalue weighted by Gasteiger charge is -2.22. The summed E-state index contributed by atoms with van der Waals surface area (Å²) in [4.78, 5) is 18.8. The molecule has 1 aromatic heterocycles. The third-order valence-electron chi connectivity index (χ3n) is 3.68. The molecule has 0 N–H and O–H groups in total. The molecule has 1 unspecified atom stereocenters. The maximum Gasteiger partial charge on any atom is 0.258 e. The third kappa shape index (κ3) is 2.49. The van der Waals surface area contributed by atoms with Gasteiger partial charge in [0.25, 0.3) is 5.91 Å². The van der Waals surface area contributed by atoms with E-state index < -0.39 is 0 Å². The van der Waals surface area contributed by atoms with E-state index in [-0.39, 0.29) is 11.9 Å². The summed E-state index contributed by atoms with van der Waals surface area (Å²) in [6, 6.07) is 7.09. The Morgan fingerprint density at radius 1 is 1.43 bits per heavy atom. The van der Waals surface area contributed by atoms with Gasteiger partial charge in [-0.05, 0) is 31.9 Å².